The standard InChI is InChI=1S/C14H18N2S/c1-10-8-9-17-14(10)13(16-2)12(15)11-6-4-3-5-7-11/h3-9,12-13,16H,15H2,1-2H3. The highest BCUT2D eigenvalue weighted by atomic mass is 32.1. The molecule has 3 heteroatoms. The van der Waals surface area contributed by atoms with E-state index in [0.717, 1.165) is 0 Å². The molecule has 17 heavy (non-hydrogen) atoms. The molecular weight excluding hydrogens is 228 g/mol. The predicted octanol–water partition coefficient (Wildman–Crippen LogP) is 3.02. The van der Waals surface area contributed by atoms with Crippen LogP contribution < -0.4 is 11.1 Å². The smallest absolute Gasteiger partial charge is 0.0611 e. The summed E-state index contributed by atoms with van der Waals surface area (Å²) >= 11 is 1.76. The van der Waals surface area contributed by atoms with Crippen molar-refractivity contribution in [2.75, 3.05) is 7.05 Å². The number of benzene rings is 1. The Bertz CT molecular complexity index is 464. The van der Waals surface area contributed by atoms with E-state index in [9.17, 15) is 0 Å². The second-order valence-corrected chi connectivity index (χ2v) is 5.12. The summed E-state index contributed by atoms with van der Waals surface area (Å²) in [5.41, 5.74) is 8.83. The average Bonchev–Trinajstić information content (AvgIpc) is 2.78. The first kappa shape index (κ1) is 12.3. The van der Waals surface area contributed by atoms with Gasteiger partial charge < -0.3 is 11.1 Å². The maximum Gasteiger partial charge on any atom is 0.0611 e. The molecule has 0 aliphatic carbocycles. The van der Waals surface area contributed by atoms with Gasteiger partial charge in [-0.15, -0.1) is 11.3 Å². The zero-order chi connectivity index (χ0) is 12.3. The van der Waals surface area contributed by atoms with Crippen molar-refractivity contribution in [3.05, 3.63) is 57.8 Å². The molecule has 2 aromatic rings. The van der Waals surface area contributed by atoms with Crippen molar-refractivity contribution in [3.63, 3.8) is 0 Å². The van der Waals surface area contributed by atoms with Gasteiger partial charge in [-0.3, -0.25) is 0 Å². The molecule has 2 atom stereocenters. The van der Waals surface area contributed by atoms with Gasteiger partial charge in [-0.1, -0.05) is 30.3 Å². The van der Waals surface area contributed by atoms with Gasteiger partial charge in [0.2, 0.25) is 0 Å². The Hall–Kier alpha value is -1.16. The quantitative estimate of drug-likeness (QED) is 0.870. The van der Waals surface area contributed by atoms with Crippen molar-refractivity contribution in [3.8, 4) is 0 Å². The van der Waals surface area contributed by atoms with E-state index in [4.69, 9.17) is 5.73 Å². The van der Waals surface area contributed by atoms with E-state index in [2.05, 4.69) is 35.8 Å². The molecule has 2 rings (SSSR count). The Kier molecular flexibility index (Phi) is 3.94. The molecule has 2 nitrogen and oxygen atoms in total. The van der Waals surface area contributed by atoms with Gasteiger partial charge in [0.05, 0.1) is 12.1 Å². The third kappa shape index (κ3) is 2.57. The SMILES string of the molecule is CNC(c1sccc1C)C(N)c1ccccc1. The van der Waals surface area contributed by atoms with E-state index in [-0.39, 0.29) is 12.1 Å². The lowest BCUT2D eigenvalue weighted by Crippen LogP contribution is -2.29. The maximum atomic E-state index is 6.35. The Labute approximate surface area is 106 Å². The Morgan fingerprint density at radius 1 is 1.18 bits per heavy atom. The number of nitrogens with two attached hydrogens (primary N) is 1. The van der Waals surface area contributed by atoms with Crippen LogP contribution >= 0.6 is 11.3 Å². The van der Waals surface area contributed by atoms with E-state index in [1.807, 2.05) is 25.2 Å². The third-order valence-corrected chi connectivity index (χ3v) is 4.14. The maximum absolute atomic E-state index is 6.35. The Morgan fingerprint density at radius 3 is 2.41 bits per heavy atom. The van der Waals surface area contributed by atoms with Crippen LogP contribution in [0, 0.1) is 6.92 Å². The van der Waals surface area contributed by atoms with E-state index in [0.29, 0.717) is 0 Å². The van der Waals surface area contributed by atoms with Gasteiger partial charge >= 0.3 is 0 Å². The summed E-state index contributed by atoms with van der Waals surface area (Å²) in [7, 11) is 1.96. The molecule has 2 unspecified atom stereocenters. The van der Waals surface area contributed by atoms with Gasteiger partial charge in [-0.2, -0.15) is 0 Å². The van der Waals surface area contributed by atoms with Crippen LogP contribution in [0.15, 0.2) is 41.8 Å². The number of hydrogen-bond donors (Lipinski definition) is 2. The van der Waals surface area contributed by atoms with Crippen molar-refractivity contribution in [2.24, 2.45) is 5.73 Å². The lowest BCUT2D eigenvalue weighted by Gasteiger charge is -2.23. The Morgan fingerprint density at radius 2 is 1.88 bits per heavy atom. The number of rotatable bonds is 4. The molecule has 0 saturated carbocycles. The molecule has 0 bridgehead atoms. The molecule has 0 aliphatic heterocycles. The first-order valence-electron chi connectivity index (χ1n) is 5.76. The normalized spacial score (nSPS) is 14.5. The minimum Gasteiger partial charge on any atom is -0.322 e. The van der Waals surface area contributed by atoms with Gasteiger partial charge in [-0.25, -0.2) is 0 Å². The fourth-order valence-electron chi connectivity index (χ4n) is 2.04. The summed E-state index contributed by atoms with van der Waals surface area (Å²) < 4.78 is 0. The summed E-state index contributed by atoms with van der Waals surface area (Å²) in [6.07, 6.45) is 0. The lowest BCUT2D eigenvalue weighted by molar-refractivity contribution is 0.497. The molecule has 0 fully saturated rings. The largest absolute Gasteiger partial charge is 0.322 e. The van der Waals surface area contributed by atoms with Gasteiger partial charge in [0, 0.05) is 4.88 Å². The number of nitrogens with one attached hydrogen (secondary N) is 1. The van der Waals surface area contributed by atoms with Crippen LogP contribution in [0.3, 0.4) is 0 Å². The van der Waals surface area contributed by atoms with E-state index >= 15 is 0 Å². The zero-order valence-electron chi connectivity index (χ0n) is 10.2. The molecule has 1 aromatic heterocycles. The average molecular weight is 246 g/mol. The molecule has 0 aliphatic rings. The highest BCUT2D eigenvalue weighted by Gasteiger charge is 2.21. The van der Waals surface area contributed by atoms with Crippen molar-refractivity contribution in [1.29, 1.82) is 0 Å². The first-order valence-corrected chi connectivity index (χ1v) is 6.63. The van der Waals surface area contributed by atoms with Crippen molar-refractivity contribution >= 4 is 11.3 Å². The van der Waals surface area contributed by atoms with Crippen molar-refractivity contribution in [2.45, 2.75) is 19.0 Å². The van der Waals surface area contributed by atoms with Crippen LogP contribution in [0.1, 0.15) is 28.1 Å². The molecule has 0 spiro atoms. The van der Waals surface area contributed by atoms with Crippen LogP contribution in [0.5, 0.6) is 0 Å². The predicted molar refractivity (Wildman–Crippen MR) is 74.2 cm³/mol. The number of likely N-dealkylation sites (N-methyl/N-ethyl adjacent to an activating group) is 1. The molecule has 3 N–H and O–H groups in total. The Balaban J connectivity index is 2.28. The highest BCUT2D eigenvalue weighted by Crippen LogP contribution is 2.31. The number of thiophene rings is 1. The van der Waals surface area contributed by atoms with Gasteiger partial charge in [0.15, 0.2) is 0 Å². The monoisotopic (exact) mass is 246 g/mol. The first-order chi connectivity index (χ1) is 8.24. The zero-order valence-corrected chi connectivity index (χ0v) is 11.0. The minimum absolute atomic E-state index is 0.0152. The van der Waals surface area contributed by atoms with Crippen molar-refractivity contribution in [1.82, 2.24) is 5.32 Å². The molecule has 90 valence electrons. The molecule has 0 saturated heterocycles. The van der Waals surface area contributed by atoms with Crippen LogP contribution in [0.4, 0.5) is 0 Å². The summed E-state index contributed by atoms with van der Waals surface area (Å²) in [6, 6.07) is 12.5. The summed E-state index contributed by atoms with van der Waals surface area (Å²) in [5, 5.41) is 5.45. The molecule has 0 radical (unpaired) electrons. The minimum atomic E-state index is -0.0152. The van der Waals surface area contributed by atoms with Gasteiger partial charge in [0.25, 0.3) is 0 Å². The summed E-state index contributed by atoms with van der Waals surface area (Å²) in [5.74, 6) is 0. The van der Waals surface area contributed by atoms with Gasteiger partial charge in [-0.05, 0) is 36.5 Å². The van der Waals surface area contributed by atoms with Crippen LogP contribution in [-0.4, -0.2) is 7.05 Å². The van der Waals surface area contributed by atoms with E-state index < -0.39 is 0 Å². The van der Waals surface area contributed by atoms with Gasteiger partial charge in [0.1, 0.15) is 0 Å². The molecular formula is C14H18N2S. The van der Waals surface area contributed by atoms with E-state index in [1.54, 1.807) is 11.3 Å². The number of aryl methyl sites for hydroxylation is 1. The topological polar surface area (TPSA) is 38.0 Å². The summed E-state index contributed by atoms with van der Waals surface area (Å²) in [6.45, 7) is 2.13. The second-order valence-electron chi connectivity index (χ2n) is 4.17. The fraction of sp³-hybridized carbons (Fsp3) is 0.286. The van der Waals surface area contributed by atoms with E-state index in [1.165, 1.54) is 16.0 Å². The van der Waals surface area contributed by atoms with Crippen molar-refractivity contribution < 1.29 is 0 Å². The molecule has 1 heterocycles. The third-order valence-electron chi connectivity index (χ3n) is 3.04. The van der Waals surface area contributed by atoms with Crippen LogP contribution in [0.2, 0.25) is 0 Å². The molecule has 0 amide bonds. The fourth-order valence-corrected chi connectivity index (χ4v) is 3.13. The second kappa shape index (κ2) is 5.45. The lowest BCUT2D eigenvalue weighted by atomic mass is 9.97. The number of hydrogen-bond acceptors (Lipinski definition) is 3. The highest BCUT2D eigenvalue weighted by molar-refractivity contribution is 7.10. The summed E-state index contributed by atoms with van der Waals surface area (Å²) in [4.78, 5) is 1.32. The van der Waals surface area contributed by atoms with Crippen LogP contribution in [-0.2, 0) is 0 Å². The van der Waals surface area contributed by atoms with Crippen LogP contribution in [0.25, 0.3) is 0 Å². The molecule has 1 aromatic carbocycles.